The summed E-state index contributed by atoms with van der Waals surface area (Å²) < 4.78 is 52.1. The molecule has 0 atom stereocenters. The van der Waals surface area contributed by atoms with Crippen LogP contribution in [-0.4, -0.2) is 20.7 Å². The lowest BCUT2D eigenvalue weighted by molar-refractivity contribution is 0.562. The van der Waals surface area contributed by atoms with Gasteiger partial charge in [-0.1, -0.05) is 0 Å². The smallest absolute Gasteiger partial charge is 0.210 e. The summed E-state index contributed by atoms with van der Waals surface area (Å²) in [5.41, 5.74) is 1.19. The Bertz CT molecular complexity index is 667. The van der Waals surface area contributed by atoms with Gasteiger partial charge < -0.3 is 0 Å². The van der Waals surface area contributed by atoms with Gasteiger partial charge in [-0.2, -0.15) is 23.1 Å². The van der Waals surface area contributed by atoms with Gasteiger partial charge in [-0.05, 0) is 34.5 Å². The Balaban J connectivity index is 1.83. The quantitative estimate of drug-likeness (QED) is 0.781. The first kappa shape index (κ1) is 16.4. The van der Waals surface area contributed by atoms with Crippen LogP contribution in [0, 0.1) is 11.6 Å². The fraction of sp³-hybridized carbons (Fsp3) is 0.231. The minimum Gasteiger partial charge on any atom is -0.210 e. The summed E-state index contributed by atoms with van der Waals surface area (Å²) in [5.74, 6) is -0.448. The predicted octanol–water partition coefficient (Wildman–Crippen LogP) is 3.24. The molecule has 3 nitrogen and oxygen atoms in total. The Labute approximate surface area is 130 Å². The fourth-order valence-electron chi connectivity index (χ4n) is 1.58. The summed E-state index contributed by atoms with van der Waals surface area (Å²) in [6.07, 6.45) is 0. The third-order valence-electron chi connectivity index (χ3n) is 2.53. The normalized spacial score (nSPS) is 11.7. The van der Waals surface area contributed by atoms with E-state index in [4.69, 9.17) is 0 Å². The number of hydrogen-bond donors (Lipinski definition) is 1. The maximum absolute atomic E-state index is 13.0. The van der Waals surface area contributed by atoms with Crippen LogP contribution in [0.25, 0.3) is 0 Å². The van der Waals surface area contributed by atoms with E-state index >= 15 is 0 Å². The van der Waals surface area contributed by atoms with Crippen molar-refractivity contribution in [2.45, 2.75) is 10.6 Å². The van der Waals surface area contributed by atoms with Crippen molar-refractivity contribution in [2.24, 2.45) is 0 Å². The molecular weight excluding hydrogens is 336 g/mol. The van der Waals surface area contributed by atoms with E-state index in [-0.39, 0.29) is 6.54 Å². The average Bonchev–Trinajstić information content (AvgIpc) is 2.90. The highest BCUT2D eigenvalue weighted by atomic mass is 32.2. The van der Waals surface area contributed by atoms with E-state index in [1.54, 1.807) is 23.1 Å². The molecule has 2 rings (SSSR count). The third-order valence-corrected chi connectivity index (χ3v) is 5.74. The van der Waals surface area contributed by atoms with E-state index < -0.39 is 26.6 Å². The molecule has 0 aliphatic rings. The molecule has 2 aromatic rings. The molecule has 1 N–H and O–H groups in total. The Morgan fingerprint density at radius 1 is 1.19 bits per heavy atom. The maximum atomic E-state index is 13.0. The maximum Gasteiger partial charge on any atom is 0.240 e. The molecule has 0 fully saturated rings. The van der Waals surface area contributed by atoms with Gasteiger partial charge in [-0.25, -0.2) is 21.9 Å². The zero-order valence-corrected chi connectivity index (χ0v) is 13.3. The molecule has 21 heavy (non-hydrogen) atoms. The van der Waals surface area contributed by atoms with Crippen LogP contribution in [-0.2, 0) is 15.8 Å². The molecule has 0 aliphatic heterocycles. The first-order valence-electron chi connectivity index (χ1n) is 6.02. The second-order valence-electron chi connectivity index (χ2n) is 4.19. The number of thiophene rings is 1. The SMILES string of the molecule is O=S(=O)(NCCSCc1ccsc1)c1cc(F)cc(F)c1. The molecule has 0 spiro atoms. The number of nitrogens with one attached hydrogen (secondary N) is 1. The van der Waals surface area contributed by atoms with Crippen LogP contribution in [0.5, 0.6) is 0 Å². The van der Waals surface area contributed by atoms with Gasteiger partial charge in [0.05, 0.1) is 4.90 Å². The molecule has 0 radical (unpaired) electrons. The first-order chi connectivity index (χ1) is 9.97. The van der Waals surface area contributed by atoms with Gasteiger partial charge in [0, 0.05) is 24.1 Å². The van der Waals surface area contributed by atoms with Crippen molar-refractivity contribution in [3.8, 4) is 0 Å². The van der Waals surface area contributed by atoms with Crippen LogP contribution < -0.4 is 4.72 Å². The monoisotopic (exact) mass is 349 g/mol. The summed E-state index contributed by atoms with van der Waals surface area (Å²) in [6, 6.07) is 4.24. The predicted molar refractivity (Wildman–Crippen MR) is 82.0 cm³/mol. The van der Waals surface area contributed by atoms with Crippen LogP contribution in [0.2, 0.25) is 0 Å². The van der Waals surface area contributed by atoms with E-state index in [9.17, 15) is 17.2 Å². The lowest BCUT2D eigenvalue weighted by atomic mass is 10.3. The number of benzene rings is 1. The number of hydrogen-bond acceptors (Lipinski definition) is 4. The van der Waals surface area contributed by atoms with Crippen LogP contribution >= 0.6 is 23.1 Å². The van der Waals surface area contributed by atoms with E-state index in [0.717, 1.165) is 17.9 Å². The second-order valence-corrected chi connectivity index (χ2v) is 7.84. The Kier molecular flexibility index (Phi) is 5.74. The highest BCUT2D eigenvalue weighted by Crippen LogP contribution is 2.15. The number of rotatable bonds is 7. The van der Waals surface area contributed by atoms with Crippen LogP contribution in [0.3, 0.4) is 0 Å². The number of thioether (sulfide) groups is 1. The highest BCUT2D eigenvalue weighted by molar-refractivity contribution is 7.98. The molecule has 1 heterocycles. The summed E-state index contributed by atoms with van der Waals surface area (Å²) in [6.45, 7) is 0.204. The van der Waals surface area contributed by atoms with Gasteiger partial charge in [0.1, 0.15) is 11.6 Å². The first-order valence-corrected chi connectivity index (χ1v) is 9.60. The highest BCUT2D eigenvalue weighted by Gasteiger charge is 2.15. The van der Waals surface area contributed by atoms with Crippen molar-refractivity contribution in [1.82, 2.24) is 4.72 Å². The fourth-order valence-corrected chi connectivity index (χ4v) is 4.36. The van der Waals surface area contributed by atoms with Crippen LogP contribution in [0.1, 0.15) is 5.56 Å². The van der Waals surface area contributed by atoms with Crippen molar-refractivity contribution in [2.75, 3.05) is 12.3 Å². The van der Waals surface area contributed by atoms with Crippen LogP contribution in [0.15, 0.2) is 39.9 Å². The van der Waals surface area contributed by atoms with Crippen molar-refractivity contribution < 1.29 is 17.2 Å². The van der Waals surface area contributed by atoms with Crippen molar-refractivity contribution in [3.05, 3.63) is 52.2 Å². The van der Waals surface area contributed by atoms with Crippen LogP contribution in [0.4, 0.5) is 8.78 Å². The molecular formula is C13H13F2NO2S3. The molecule has 114 valence electrons. The van der Waals surface area contributed by atoms with E-state index in [1.165, 1.54) is 5.56 Å². The Morgan fingerprint density at radius 3 is 2.52 bits per heavy atom. The standard InChI is InChI=1S/C13H13F2NO2S3/c14-11-5-12(15)7-13(6-11)21(17,18)16-2-4-20-9-10-1-3-19-8-10/h1,3,5-8,16H,2,4,9H2. The molecule has 0 bridgehead atoms. The second kappa shape index (κ2) is 7.35. The average molecular weight is 349 g/mol. The van der Waals surface area contributed by atoms with E-state index in [2.05, 4.69) is 4.72 Å². The largest absolute Gasteiger partial charge is 0.240 e. The number of halogens is 2. The summed E-state index contributed by atoms with van der Waals surface area (Å²) >= 11 is 3.20. The molecule has 0 unspecified atom stereocenters. The molecule has 8 heteroatoms. The van der Waals surface area contributed by atoms with Crippen molar-refractivity contribution in [1.29, 1.82) is 0 Å². The lowest BCUT2D eigenvalue weighted by Gasteiger charge is -2.07. The Hall–Kier alpha value is -0.960. The number of sulfonamides is 1. The molecule has 0 saturated heterocycles. The minimum absolute atomic E-state index is 0.204. The van der Waals surface area contributed by atoms with Gasteiger partial charge in [0.25, 0.3) is 0 Å². The van der Waals surface area contributed by atoms with Gasteiger partial charge in [0.2, 0.25) is 10.0 Å². The van der Waals surface area contributed by atoms with Crippen molar-refractivity contribution in [3.63, 3.8) is 0 Å². The lowest BCUT2D eigenvalue weighted by Crippen LogP contribution is -2.26. The summed E-state index contributed by atoms with van der Waals surface area (Å²) in [5, 5.41) is 4.02. The zero-order chi connectivity index (χ0) is 15.3. The van der Waals surface area contributed by atoms with E-state index in [1.807, 2.05) is 16.8 Å². The third kappa shape index (κ3) is 5.06. The van der Waals surface area contributed by atoms with Crippen molar-refractivity contribution >= 4 is 33.1 Å². The van der Waals surface area contributed by atoms with Gasteiger partial charge >= 0.3 is 0 Å². The topological polar surface area (TPSA) is 46.2 Å². The molecule has 1 aromatic carbocycles. The molecule has 0 saturated carbocycles. The van der Waals surface area contributed by atoms with Gasteiger partial charge in [-0.3, -0.25) is 0 Å². The Morgan fingerprint density at radius 2 is 1.90 bits per heavy atom. The molecule has 0 aliphatic carbocycles. The van der Waals surface area contributed by atoms with Gasteiger partial charge in [-0.15, -0.1) is 0 Å². The summed E-state index contributed by atoms with van der Waals surface area (Å²) in [4.78, 5) is -0.400. The molecule has 0 amide bonds. The summed E-state index contributed by atoms with van der Waals surface area (Å²) in [7, 11) is -3.88. The minimum atomic E-state index is -3.88. The zero-order valence-electron chi connectivity index (χ0n) is 10.9. The van der Waals surface area contributed by atoms with E-state index in [0.29, 0.717) is 11.8 Å². The molecule has 1 aromatic heterocycles. The van der Waals surface area contributed by atoms with Gasteiger partial charge in [0.15, 0.2) is 0 Å².